The zero-order valence-electron chi connectivity index (χ0n) is 13.2. The van der Waals surface area contributed by atoms with E-state index in [2.05, 4.69) is 51.9 Å². The fraction of sp³-hybridized carbons (Fsp3) is 0.625. The lowest BCUT2D eigenvalue weighted by molar-refractivity contribution is 0.273. The van der Waals surface area contributed by atoms with Crippen LogP contribution >= 0.6 is 0 Å². The average molecular weight is 264 g/mol. The fourth-order valence-corrected chi connectivity index (χ4v) is 2.50. The van der Waals surface area contributed by atoms with Crippen molar-refractivity contribution in [3.63, 3.8) is 0 Å². The number of aryl methyl sites for hydroxylation is 2. The second-order valence-corrected chi connectivity index (χ2v) is 5.71. The van der Waals surface area contributed by atoms with Crippen molar-refractivity contribution >= 4 is 0 Å². The van der Waals surface area contributed by atoms with E-state index in [0.29, 0.717) is 6.04 Å². The van der Waals surface area contributed by atoms with Gasteiger partial charge in [-0.05, 0) is 70.5 Å². The van der Waals surface area contributed by atoms with Crippen LogP contribution < -0.4 is 10.5 Å². The van der Waals surface area contributed by atoms with E-state index in [1.54, 1.807) is 7.11 Å². The van der Waals surface area contributed by atoms with Crippen LogP contribution in [0.5, 0.6) is 5.75 Å². The van der Waals surface area contributed by atoms with Gasteiger partial charge in [0.25, 0.3) is 0 Å². The lowest BCUT2D eigenvalue weighted by Gasteiger charge is -2.27. The lowest BCUT2D eigenvalue weighted by atomic mass is 9.93. The minimum atomic E-state index is 0.252. The molecule has 0 fully saturated rings. The van der Waals surface area contributed by atoms with Crippen molar-refractivity contribution in [2.45, 2.75) is 45.7 Å². The van der Waals surface area contributed by atoms with Gasteiger partial charge in [0, 0.05) is 12.1 Å². The van der Waals surface area contributed by atoms with Crippen molar-refractivity contribution in [1.82, 2.24) is 4.90 Å². The monoisotopic (exact) mass is 264 g/mol. The maximum absolute atomic E-state index is 5.89. The molecule has 0 heterocycles. The molecule has 2 unspecified atom stereocenters. The van der Waals surface area contributed by atoms with Crippen molar-refractivity contribution < 1.29 is 4.74 Å². The summed E-state index contributed by atoms with van der Waals surface area (Å²) in [6.07, 6.45) is 2.12. The first kappa shape index (κ1) is 16.0. The summed E-state index contributed by atoms with van der Waals surface area (Å²) in [6, 6.07) is 5.05. The number of ether oxygens (including phenoxy) is 1. The third kappa shape index (κ3) is 4.22. The van der Waals surface area contributed by atoms with E-state index < -0.39 is 0 Å². The molecule has 1 aromatic rings. The summed E-state index contributed by atoms with van der Waals surface area (Å²) in [6.45, 7) is 6.32. The molecule has 3 heteroatoms. The molecule has 0 aromatic heterocycles. The quantitative estimate of drug-likeness (QED) is 0.858. The molecule has 0 bridgehead atoms. The number of rotatable bonds is 6. The number of benzene rings is 1. The molecule has 0 amide bonds. The third-order valence-electron chi connectivity index (χ3n) is 3.66. The third-order valence-corrected chi connectivity index (χ3v) is 3.66. The molecule has 0 spiro atoms. The van der Waals surface area contributed by atoms with E-state index in [1.807, 2.05) is 0 Å². The van der Waals surface area contributed by atoms with Gasteiger partial charge in [-0.3, -0.25) is 0 Å². The van der Waals surface area contributed by atoms with Gasteiger partial charge in [0.15, 0.2) is 0 Å². The van der Waals surface area contributed by atoms with E-state index in [9.17, 15) is 0 Å². The summed E-state index contributed by atoms with van der Waals surface area (Å²) in [4.78, 5) is 2.27. The Hall–Kier alpha value is -1.06. The standard InChI is InChI=1S/C16H28N2O/c1-11-10-16(19-6)12(2)9-14(11)15(18(4)5)8-7-13(3)17/h9-10,13,15H,7-8,17H2,1-6H3. The van der Waals surface area contributed by atoms with Crippen molar-refractivity contribution in [3.8, 4) is 5.75 Å². The molecular weight excluding hydrogens is 236 g/mol. The average Bonchev–Trinajstić information content (AvgIpc) is 2.32. The Labute approximate surface area is 117 Å². The maximum atomic E-state index is 5.89. The van der Waals surface area contributed by atoms with Crippen molar-refractivity contribution in [3.05, 3.63) is 28.8 Å². The van der Waals surface area contributed by atoms with Crippen LogP contribution in [-0.2, 0) is 0 Å². The Balaban J connectivity index is 3.05. The molecule has 0 saturated heterocycles. The smallest absolute Gasteiger partial charge is 0.122 e. The van der Waals surface area contributed by atoms with E-state index in [1.165, 1.54) is 16.7 Å². The SMILES string of the molecule is COc1cc(C)c(C(CCC(C)N)N(C)C)cc1C. The van der Waals surface area contributed by atoms with E-state index in [4.69, 9.17) is 10.5 Å². The Morgan fingerprint density at radius 3 is 2.26 bits per heavy atom. The van der Waals surface area contributed by atoms with Crippen LogP contribution in [0.25, 0.3) is 0 Å². The van der Waals surface area contributed by atoms with Gasteiger partial charge in [0.05, 0.1) is 7.11 Å². The summed E-state index contributed by atoms with van der Waals surface area (Å²) >= 11 is 0. The van der Waals surface area contributed by atoms with Crippen molar-refractivity contribution in [1.29, 1.82) is 0 Å². The minimum absolute atomic E-state index is 0.252. The van der Waals surface area contributed by atoms with Gasteiger partial charge < -0.3 is 15.4 Å². The molecule has 3 nitrogen and oxygen atoms in total. The Morgan fingerprint density at radius 2 is 1.79 bits per heavy atom. The van der Waals surface area contributed by atoms with Gasteiger partial charge in [-0.2, -0.15) is 0 Å². The van der Waals surface area contributed by atoms with Gasteiger partial charge in [0.1, 0.15) is 5.75 Å². The van der Waals surface area contributed by atoms with Crippen LogP contribution in [-0.4, -0.2) is 32.1 Å². The molecule has 108 valence electrons. The van der Waals surface area contributed by atoms with Crippen LogP contribution in [0, 0.1) is 13.8 Å². The molecule has 0 aliphatic rings. The number of hydrogen-bond donors (Lipinski definition) is 1. The first-order valence-corrected chi connectivity index (χ1v) is 6.94. The first-order chi connectivity index (χ1) is 8.86. The van der Waals surface area contributed by atoms with Crippen LogP contribution in [0.1, 0.15) is 42.5 Å². The van der Waals surface area contributed by atoms with Crippen LogP contribution in [0.2, 0.25) is 0 Å². The predicted molar refractivity (Wildman–Crippen MR) is 81.8 cm³/mol. The van der Waals surface area contributed by atoms with Gasteiger partial charge >= 0.3 is 0 Å². The minimum Gasteiger partial charge on any atom is -0.496 e. The van der Waals surface area contributed by atoms with E-state index in [0.717, 1.165) is 18.6 Å². The number of methoxy groups -OCH3 is 1. The van der Waals surface area contributed by atoms with Gasteiger partial charge in [-0.1, -0.05) is 6.07 Å². The summed E-state index contributed by atoms with van der Waals surface area (Å²) in [5.74, 6) is 0.964. The number of nitrogens with two attached hydrogens (primary N) is 1. The molecule has 2 N–H and O–H groups in total. The van der Waals surface area contributed by atoms with Crippen molar-refractivity contribution in [2.24, 2.45) is 5.73 Å². The molecule has 1 aromatic carbocycles. The molecule has 0 aliphatic carbocycles. The highest BCUT2D eigenvalue weighted by molar-refractivity contribution is 5.42. The Bertz CT molecular complexity index is 413. The van der Waals surface area contributed by atoms with Crippen LogP contribution in [0.3, 0.4) is 0 Å². The molecule has 0 saturated carbocycles. The molecular formula is C16H28N2O. The Morgan fingerprint density at radius 1 is 1.16 bits per heavy atom. The zero-order valence-corrected chi connectivity index (χ0v) is 13.2. The first-order valence-electron chi connectivity index (χ1n) is 6.94. The summed E-state index contributed by atoms with van der Waals surface area (Å²) in [5.41, 5.74) is 9.75. The summed E-state index contributed by atoms with van der Waals surface area (Å²) in [7, 11) is 5.98. The second-order valence-electron chi connectivity index (χ2n) is 5.71. The largest absolute Gasteiger partial charge is 0.496 e. The lowest BCUT2D eigenvalue weighted by Crippen LogP contribution is -2.24. The highest BCUT2D eigenvalue weighted by Gasteiger charge is 2.18. The highest BCUT2D eigenvalue weighted by Crippen LogP contribution is 2.31. The topological polar surface area (TPSA) is 38.5 Å². The Kier molecular flexibility index (Phi) is 5.83. The van der Waals surface area contributed by atoms with Crippen LogP contribution in [0.4, 0.5) is 0 Å². The number of hydrogen-bond acceptors (Lipinski definition) is 3. The fourth-order valence-electron chi connectivity index (χ4n) is 2.50. The van der Waals surface area contributed by atoms with Gasteiger partial charge in [-0.15, -0.1) is 0 Å². The highest BCUT2D eigenvalue weighted by atomic mass is 16.5. The zero-order chi connectivity index (χ0) is 14.6. The van der Waals surface area contributed by atoms with E-state index in [-0.39, 0.29) is 6.04 Å². The molecule has 2 atom stereocenters. The van der Waals surface area contributed by atoms with Crippen LogP contribution in [0.15, 0.2) is 12.1 Å². The summed E-state index contributed by atoms with van der Waals surface area (Å²) < 4.78 is 5.39. The summed E-state index contributed by atoms with van der Waals surface area (Å²) in [5, 5.41) is 0. The van der Waals surface area contributed by atoms with Gasteiger partial charge in [0.2, 0.25) is 0 Å². The van der Waals surface area contributed by atoms with E-state index >= 15 is 0 Å². The molecule has 0 radical (unpaired) electrons. The second kappa shape index (κ2) is 6.92. The number of nitrogens with zero attached hydrogens (tertiary/aromatic N) is 1. The normalized spacial score (nSPS) is 14.5. The van der Waals surface area contributed by atoms with Crippen molar-refractivity contribution in [2.75, 3.05) is 21.2 Å². The molecule has 1 rings (SSSR count). The molecule has 19 heavy (non-hydrogen) atoms. The van der Waals surface area contributed by atoms with Gasteiger partial charge in [-0.25, -0.2) is 0 Å². The maximum Gasteiger partial charge on any atom is 0.122 e. The predicted octanol–water partition coefficient (Wildman–Crippen LogP) is 3.04. The molecule has 0 aliphatic heterocycles.